The summed E-state index contributed by atoms with van der Waals surface area (Å²) in [5.74, 6) is -1.30. The number of nitrogen functional groups attached to an aromatic ring is 1. The maximum absolute atomic E-state index is 13.9. The highest BCUT2D eigenvalue weighted by atomic mass is 19.4. The SMILES string of the molecule is Nc1nc2ccc(C(F)(F)F)cc2n1-c1ccc(OCF)c(F)c1. The molecule has 3 rings (SSSR count). The van der Waals surface area contributed by atoms with E-state index in [1.807, 2.05) is 0 Å². The molecular weight excluding hydrogens is 333 g/mol. The van der Waals surface area contributed by atoms with E-state index in [0.29, 0.717) is 0 Å². The van der Waals surface area contributed by atoms with Crippen molar-refractivity contribution in [2.45, 2.75) is 6.18 Å². The molecule has 9 heteroatoms. The average Bonchev–Trinajstić information content (AvgIpc) is 2.83. The van der Waals surface area contributed by atoms with E-state index >= 15 is 0 Å². The number of benzene rings is 2. The van der Waals surface area contributed by atoms with Gasteiger partial charge in [0.2, 0.25) is 12.8 Å². The number of aromatic nitrogens is 2. The second-order valence-electron chi connectivity index (χ2n) is 4.87. The van der Waals surface area contributed by atoms with Crippen molar-refractivity contribution in [3.05, 3.63) is 47.8 Å². The summed E-state index contributed by atoms with van der Waals surface area (Å²) in [6.45, 7) is -1.21. The van der Waals surface area contributed by atoms with Crippen LogP contribution in [-0.4, -0.2) is 16.4 Å². The molecule has 0 spiro atoms. The maximum Gasteiger partial charge on any atom is 0.416 e. The summed E-state index contributed by atoms with van der Waals surface area (Å²) in [7, 11) is 0. The number of rotatable bonds is 3. The first-order chi connectivity index (χ1) is 11.3. The Hall–Kier alpha value is -2.84. The van der Waals surface area contributed by atoms with Crippen molar-refractivity contribution in [2.24, 2.45) is 0 Å². The summed E-state index contributed by atoms with van der Waals surface area (Å²) < 4.78 is 70.3. The number of imidazole rings is 1. The maximum atomic E-state index is 13.9. The van der Waals surface area contributed by atoms with Crippen molar-refractivity contribution in [3.8, 4) is 11.4 Å². The number of alkyl halides is 4. The molecule has 0 aliphatic heterocycles. The Balaban J connectivity index is 2.18. The Morgan fingerprint density at radius 2 is 1.88 bits per heavy atom. The van der Waals surface area contributed by atoms with Gasteiger partial charge in [-0.3, -0.25) is 4.57 Å². The van der Waals surface area contributed by atoms with Crippen molar-refractivity contribution >= 4 is 17.0 Å². The average molecular weight is 343 g/mol. The Morgan fingerprint density at radius 1 is 1.12 bits per heavy atom. The van der Waals surface area contributed by atoms with E-state index in [0.717, 1.165) is 24.3 Å². The van der Waals surface area contributed by atoms with Gasteiger partial charge in [-0.1, -0.05) is 0 Å². The van der Waals surface area contributed by atoms with Gasteiger partial charge in [-0.2, -0.15) is 13.2 Å². The third kappa shape index (κ3) is 2.72. The monoisotopic (exact) mass is 343 g/mol. The van der Waals surface area contributed by atoms with Crippen LogP contribution in [0.25, 0.3) is 16.7 Å². The van der Waals surface area contributed by atoms with Crippen molar-refractivity contribution < 1.29 is 26.7 Å². The molecule has 0 aliphatic carbocycles. The predicted octanol–water partition coefficient (Wildman–Crippen LogP) is 4.07. The van der Waals surface area contributed by atoms with Crippen molar-refractivity contribution in [1.82, 2.24) is 9.55 Å². The lowest BCUT2D eigenvalue weighted by molar-refractivity contribution is -0.137. The fourth-order valence-electron chi connectivity index (χ4n) is 2.35. The molecule has 0 fully saturated rings. The minimum Gasteiger partial charge on any atom is -0.460 e. The van der Waals surface area contributed by atoms with Crippen LogP contribution in [0.2, 0.25) is 0 Å². The van der Waals surface area contributed by atoms with Crippen molar-refractivity contribution in [3.63, 3.8) is 0 Å². The minimum absolute atomic E-state index is 0.0703. The highest BCUT2D eigenvalue weighted by Crippen LogP contribution is 2.33. The highest BCUT2D eigenvalue weighted by Gasteiger charge is 2.31. The highest BCUT2D eigenvalue weighted by molar-refractivity contribution is 5.81. The van der Waals surface area contributed by atoms with Crippen LogP contribution in [0.3, 0.4) is 0 Å². The number of nitrogens with two attached hydrogens (primary N) is 1. The van der Waals surface area contributed by atoms with Gasteiger partial charge < -0.3 is 10.5 Å². The summed E-state index contributed by atoms with van der Waals surface area (Å²) in [5.41, 5.74) is 5.30. The van der Waals surface area contributed by atoms with Gasteiger partial charge in [0.25, 0.3) is 0 Å². The zero-order chi connectivity index (χ0) is 17.5. The summed E-state index contributed by atoms with van der Waals surface area (Å²) in [4.78, 5) is 3.96. The van der Waals surface area contributed by atoms with Crippen LogP contribution in [0, 0.1) is 5.82 Å². The third-order valence-electron chi connectivity index (χ3n) is 3.39. The van der Waals surface area contributed by atoms with Gasteiger partial charge in [0.1, 0.15) is 0 Å². The molecule has 4 nitrogen and oxygen atoms in total. The number of anilines is 1. The second kappa shape index (κ2) is 5.66. The minimum atomic E-state index is -4.54. The largest absolute Gasteiger partial charge is 0.460 e. The summed E-state index contributed by atoms with van der Waals surface area (Å²) in [5, 5.41) is 0. The van der Waals surface area contributed by atoms with Crippen molar-refractivity contribution in [2.75, 3.05) is 12.6 Å². The zero-order valence-corrected chi connectivity index (χ0v) is 11.9. The molecule has 0 radical (unpaired) electrons. The van der Waals surface area contributed by atoms with E-state index in [9.17, 15) is 22.0 Å². The molecule has 0 bridgehead atoms. The van der Waals surface area contributed by atoms with Crippen LogP contribution in [0.15, 0.2) is 36.4 Å². The van der Waals surface area contributed by atoms with Crippen LogP contribution >= 0.6 is 0 Å². The Kier molecular flexibility index (Phi) is 3.78. The van der Waals surface area contributed by atoms with Crippen LogP contribution in [0.4, 0.5) is 27.9 Å². The molecule has 0 saturated carbocycles. The molecule has 2 N–H and O–H groups in total. The van der Waals surface area contributed by atoms with Gasteiger partial charge in [0.05, 0.1) is 22.3 Å². The van der Waals surface area contributed by atoms with Crippen LogP contribution in [0.1, 0.15) is 5.56 Å². The molecular formula is C15H10F5N3O. The van der Waals surface area contributed by atoms with Gasteiger partial charge in [-0.15, -0.1) is 0 Å². The molecule has 1 heterocycles. The Morgan fingerprint density at radius 3 is 2.50 bits per heavy atom. The molecule has 24 heavy (non-hydrogen) atoms. The zero-order valence-electron chi connectivity index (χ0n) is 11.9. The number of hydrogen-bond donors (Lipinski definition) is 1. The lowest BCUT2D eigenvalue weighted by Crippen LogP contribution is -2.06. The van der Waals surface area contributed by atoms with E-state index in [2.05, 4.69) is 9.72 Å². The van der Waals surface area contributed by atoms with Gasteiger partial charge in [0.15, 0.2) is 11.6 Å². The summed E-state index contributed by atoms with van der Waals surface area (Å²) in [6.07, 6.45) is -4.54. The van der Waals surface area contributed by atoms with Gasteiger partial charge in [-0.25, -0.2) is 13.8 Å². The fraction of sp³-hybridized carbons (Fsp3) is 0.133. The lowest BCUT2D eigenvalue weighted by Gasteiger charge is -2.10. The topological polar surface area (TPSA) is 53.1 Å². The molecule has 3 aromatic rings. The quantitative estimate of drug-likeness (QED) is 0.730. The van der Waals surface area contributed by atoms with Crippen LogP contribution < -0.4 is 10.5 Å². The fourth-order valence-corrected chi connectivity index (χ4v) is 2.35. The predicted molar refractivity (Wildman–Crippen MR) is 77.0 cm³/mol. The second-order valence-corrected chi connectivity index (χ2v) is 4.87. The molecule has 0 saturated heterocycles. The first-order valence-electron chi connectivity index (χ1n) is 6.65. The molecule has 0 amide bonds. The molecule has 1 aromatic heterocycles. The Bertz CT molecular complexity index is 904. The van der Waals surface area contributed by atoms with Gasteiger partial charge in [-0.05, 0) is 30.3 Å². The first kappa shape index (κ1) is 16.0. The van der Waals surface area contributed by atoms with Gasteiger partial charge >= 0.3 is 6.18 Å². The normalized spacial score (nSPS) is 11.9. The van der Waals surface area contributed by atoms with E-state index in [1.54, 1.807) is 0 Å². The van der Waals surface area contributed by atoms with E-state index < -0.39 is 24.4 Å². The molecule has 0 atom stereocenters. The number of fused-ring (bicyclic) bond motifs is 1. The number of ether oxygens (including phenoxy) is 1. The van der Waals surface area contributed by atoms with Crippen LogP contribution in [0.5, 0.6) is 5.75 Å². The van der Waals surface area contributed by atoms with E-state index in [-0.39, 0.29) is 28.4 Å². The van der Waals surface area contributed by atoms with Crippen LogP contribution in [-0.2, 0) is 6.18 Å². The Labute approximate surface area is 132 Å². The van der Waals surface area contributed by atoms with Gasteiger partial charge in [0, 0.05) is 6.07 Å². The van der Waals surface area contributed by atoms with E-state index in [4.69, 9.17) is 5.73 Å². The first-order valence-corrected chi connectivity index (χ1v) is 6.65. The van der Waals surface area contributed by atoms with Crippen molar-refractivity contribution in [1.29, 1.82) is 0 Å². The summed E-state index contributed by atoms with van der Waals surface area (Å²) >= 11 is 0. The standard InChI is InChI=1S/C15H10F5N3O/c16-7-24-13-4-2-9(6-10(13)17)23-12-5-8(15(18,19)20)1-3-11(12)22-14(23)21/h1-6H,7H2,(H2,21,22). The number of nitrogens with zero attached hydrogens (tertiary/aromatic N) is 2. The molecule has 126 valence electrons. The molecule has 0 aliphatic rings. The lowest BCUT2D eigenvalue weighted by atomic mass is 10.2. The number of hydrogen-bond acceptors (Lipinski definition) is 3. The van der Waals surface area contributed by atoms with E-state index in [1.165, 1.54) is 16.7 Å². The smallest absolute Gasteiger partial charge is 0.416 e. The molecule has 0 unspecified atom stereocenters. The summed E-state index contributed by atoms with van der Waals surface area (Å²) in [6, 6.07) is 6.42. The third-order valence-corrected chi connectivity index (χ3v) is 3.39. The molecule has 2 aromatic carbocycles. The number of halogens is 5.